The van der Waals surface area contributed by atoms with Crippen LogP contribution in [0.5, 0.6) is 0 Å². The Morgan fingerprint density at radius 2 is 2.38 bits per heavy atom. The molecule has 1 N–H and O–H groups in total. The molecule has 4 heterocycles. The summed E-state index contributed by atoms with van der Waals surface area (Å²) >= 11 is 5.81. The van der Waals surface area contributed by atoms with Crippen molar-refractivity contribution in [2.45, 2.75) is 13.3 Å². The summed E-state index contributed by atoms with van der Waals surface area (Å²) < 4.78 is 7.93. The molecule has 0 atom stereocenters. The van der Waals surface area contributed by atoms with Crippen molar-refractivity contribution in [3.63, 3.8) is 0 Å². The molecule has 0 spiro atoms. The molecular weight excluding hydrogens is 443 g/mol. The van der Waals surface area contributed by atoms with Gasteiger partial charge < -0.3 is 9.72 Å². The molecular formula is C16H14ClIN4O2. The van der Waals surface area contributed by atoms with E-state index in [1.165, 1.54) is 0 Å². The summed E-state index contributed by atoms with van der Waals surface area (Å²) in [6.45, 7) is 3.06. The average molecular weight is 457 g/mol. The number of nitrogens with one attached hydrogen (secondary N) is 1. The molecule has 2 aliphatic heterocycles. The summed E-state index contributed by atoms with van der Waals surface area (Å²) in [5.41, 5.74) is 3.56. The Morgan fingerprint density at radius 1 is 1.50 bits per heavy atom. The van der Waals surface area contributed by atoms with Gasteiger partial charge in [-0.1, -0.05) is 18.5 Å². The van der Waals surface area contributed by atoms with Crippen molar-refractivity contribution in [1.29, 1.82) is 0 Å². The molecule has 0 aliphatic carbocycles. The molecule has 0 saturated carbocycles. The first kappa shape index (κ1) is 15.8. The third-order valence-electron chi connectivity index (χ3n) is 3.93. The molecule has 8 heteroatoms. The van der Waals surface area contributed by atoms with Gasteiger partial charge in [0, 0.05) is 17.1 Å². The number of fused-ring (bicyclic) bond motifs is 1. The van der Waals surface area contributed by atoms with Crippen molar-refractivity contribution >= 4 is 58.9 Å². The summed E-state index contributed by atoms with van der Waals surface area (Å²) in [6.07, 6.45) is 4.30. The molecule has 0 aromatic carbocycles. The largest absolute Gasteiger partial charge is 0.447 e. The number of aryl methyl sites for hydroxylation is 1. The Bertz CT molecular complexity index is 932. The van der Waals surface area contributed by atoms with Crippen molar-refractivity contribution < 1.29 is 9.53 Å². The molecule has 1 saturated heterocycles. The lowest BCUT2D eigenvalue weighted by Crippen LogP contribution is -2.30. The van der Waals surface area contributed by atoms with Crippen molar-refractivity contribution in [3.8, 4) is 0 Å². The molecule has 0 radical (unpaired) electrons. The van der Waals surface area contributed by atoms with Crippen molar-refractivity contribution in [2.75, 3.05) is 13.2 Å². The van der Waals surface area contributed by atoms with E-state index < -0.39 is 20.7 Å². The number of carbonyl (C=O) groups is 1. The van der Waals surface area contributed by atoms with E-state index in [1.54, 1.807) is 11.1 Å². The smallest absolute Gasteiger partial charge is 0.416 e. The van der Waals surface area contributed by atoms with Gasteiger partial charge in [-0.15, -0.1) is 0 Å². The molecule has 4 rings (SSSR count). The van der Waals surface area contributed by atoms with Crippen LogP contribution < -0.4 is 0 Å². The average Bonchev–Trinajstić information content (AvgIpc) is 3.16. The number of pyridine rings is 1. The number of amides is 1. The third-order valence-corrected chi connectivity index (χ3v) is 6.36. The Labute approximate surface area is 153 Å². The van der Waals surface area contributed by atoms with Crippen molar-refractivity contribution in [3.05, 3.63) is 38.7 Å². The van der Waals surface area contributed by atoms with E-state index in [4.69, 9.17) is 21.3 Å². The number of ether oxygens (including phenoxy) is 1. The van der Waals surface area contributed by atoms with Crippen LogP contribution in [0.25, 0.3) is 11.0 Å². The number of aliphatic imine (C=N–C) groups is 1. The standard InChI is InChI=1S/C16H14ClIN4O2/c1-2-10-11-7-9(8-19-14(11)21-13(10)17)12-3-4-18-15(20-12)22-5-6-24-16(22)23/h3-4,7-8H,2,5-6H2,1H3,(H,19,21). The van der Waals surface area contributed by atoms with Gasteiger partial charge in [-0.25, -0.2) is 14.8 Å². The molecule has 124 valence electrons. The maximum Gasteiger partial charge on any atom is 0.416 e. The van der Waals surface area contributed by atoms with Crippen LogP contribution in [0, 0.1) is 0 Å². The van der Waals surface area contributed by atoms with E-state index in [0.717, 1.165) is 38.0 Å². The van der Waals surface area contributed by atoms with Crippen LogP contribution >= 0.6 is 32.3 Å². The zero-order chi connectivity index (χ0) is 16.7. The lowest BCUT2D eigenvalue weighted by molar-refractivity contribution is 0.169. The molecule has 24 heavy (non-hydrogen) atoms. The van der Waals surface area contributed by atoms with Crippen LogP contribution in [0.15, 0.2) is 27.4 Å². The fourth-order valence-corrected chi connectivity index (χ4v) is 5.07. The molecule has 2 aliphatic rings. The summed E-state index contributed by atoms with van der Waals surface area (Å²) in [5, 5.41) is 1.65. The molecule has 0 unspecified atom stereocenters. The van der Waals surface area contributed by atoms with E-state index in [1.807, 2.05) is 6.08 Å². The number of aromatic amines is 1. The molecule has 6 nitrogen and oxygen atoms in total. The van der Waals surface area contributed by atoms with E-state index in [9.17, 15) is 4.79 Å². The minimum atomic E-state index is -0.425. The number of nitrogens with zero attached hydrogens (tertiary/aromatic N) is 3. The molecule has 2 aromatic heterocycles. The van der Waals surface area contributed by atoms with Gasteiger partial charge in [0.1, 0.15) is 17.4 Å². The fraction of sp³-hybridized carbons (Fsp3) is 0.250. The minimum Gasteiger partial charge on any atom is -0.447 e. The predicted octanol–water partition coefficient (Wildman–Crippen LogP) is 3.61. The van der Waals surface area contributed by atoms with Crippen molar-refractivity contribution in [2.24, 2.45) is 4.99 Å². The summed E-state index contributed by atoms with van der Waals surface area (Å²) in [6, 6.07) is 2.05. The maximum absolute atomic E-state index is 11.8. The number of carbonyl (C=O) groups excluding carboxylic acids is 1. The topological polar surface area (TPSA) is 70.6 Å². The first-order valence-electron chi connectivity index (χ1n) is 7.53. The summed E-state index contributed by atoms with van der Waals surface area (Å²) in [5.74, 6) is 0. The van der Waals surface area contributed by atoms with E-state index in [0.29, 0.717) is 18.3 Å². The first-order valence-corrected chi connectivity index (χ1v) is 10.2. The highest BCUT2D eigenvalue weighted by atomic mass is 127. The van der Waals surface area contributed by atoms with Crippen LogP contribution in [0.4, 0.5) is 4.79 Å². The van der Waals surface area contributed by atoms with Gasteiger partial charge in [-0.2, -0.15) is 0 Å². The highest BCUT2D eigenvalue weighted by Crippen LogP contribution is 2.27. The second kappa shape index (κ2) is 6.29. The summed E-state index contributed by atoms with van der Waals surface area (Å²) in [7, 11) is 0. The van der Waals surface area contributed by atoms with Gasteiger partial charge in [0.25, 0.3) is 0 Å². The van der Waals surface area contributed by atoms with Gasteiger partial charge in [-0.05, 0) is 48.9 Å². The highest BCUT2D eigenvalue weighted by Gasteiger charge is 2.26. The molecule has 0 bridgehead atoms. The van der Waals surface area contributed by atoms with E-state index in [-0.39, 0.29) is 6.09 Å². The maximum atomic E-state index is 11.8. The number of H-pyrrole nitrogens is 1. The molecule has 2 aromatic rings. The predicted molar refractivity (Wildman–Crippen MR) is 103 cm³/mol. The number of aromatic nitrogens is 2. The van der Waals surface area contributed by atoms with Gasteiger partial charge in [0.2, 0.25) is 0 Å². The lowest BCUT2D eigenvalue weighted by Gasteiger charge is -2.15. The van der Waals surface area contributed by atoms with E-state index in [2.05, 4.69) is 27.0 Å². The van der Waals surface area contributed by atoms with Crippen LogP contribution in [-0.4, -0.2) is 43.6 Å². The van der Waals surface area contributed by atoms with Crippen LogP contribution in [0.2, 0.25) is 5.15 Å². The SMILES string of the molecule is CCc1c(Cl)[nH]c2ncc(C3=NC(N4CCOC4=O)=IC=C3)cc12. The zero-order valence-electron chi connectivity index (χ0n) is 12.8. The third kappa shape index (κ3) is 2.65. The van der Waals surface area contributed by atoms with Crippen molar-refractivity contribution in [1.82, 2.24) is 14.9 Å². The summed E-state index contributed by atoms with van der Waals surface area (Å²) in [4.78, 5) is 25.6. The lowest BCUT2D eigenvalue weighted by atomic mass is 10.1. The highest BCUT2D eigenvalue weighted by molar-refractivity contribution is 14.2. The second-order valence-corrected chi connectivity index (χ2v) is 8.01. The number of cyclic esters (lactones) is 1. The van der Waals surface area contributed by atoms with Crippen LogP contribution in [-0.2, 0) is 11.2 Å². The van der Waals surface area contributed by atoms with Crippen LogP contribution in [0.3, 0.4) is 0 Å². The molecule has 1 amide bonds. The normalized spacial score (nSPS) is 17.6. The van der Waals surface area contributed by atoms with Gasteiger partial charge in [0.15, 0.2) is 3.76 Å². The quantitative estimate of drug-likeness (QED) is 0.718. The Morgan fingerprint density at radius 3 is 3.12 bits per heavy atom. The van der Waals surface area contributed by atoms with E-state index >= 15 is 0 Å². The van der Waals surface area contributed by atoms with Crippen LogP contribution in [0.1, 0.15) is 18.1 Å². The number of rotatable bonds is 3. The zero-order valence-corrected chi connectivity index (χ0v) is 15.8. The monoisotopic (exact) mass is 456 g/mol. The Balaban J connectivity index is 1.74. The number of hydrogen-bond acceptors (Lipinski definition) is 4. The number of allylic oxidation sites excluding steroid dienone is 1. The van der Waals surface area contributed by atoms with Gasteiger partial charge in [-0.3, -0.25) is 4.90 Å². The number of hydrogen-bond donors (Lipinski definition) is 1. The first-order chi connectivity index (χ1) is 11.7. The second-order valence-electron chi connectivity index (χ2n) is 5.33. The Hall–Kier alpha value is -1.74. The minimum absolute atomic E-state index is 0.303. The van der Waals surface area contributed by atoms with Gasteiger partial charge in [0.05, 0.1) is 12.3 Å². The molecule has 1 fully saturated rings. The van der Waals surface area contributed by atoms with Gasteiger partial charge >= 0.3 is 6.09 Å². The Kier molecular flexibility index (Phi) is 4.13. The number of halogens is 2. The fourth-order valence-electron chi connectivity index (χ4n) is 2.73.